The number of piperidine rings is 2. The number of amides is 3. The predicted molar refractivity (Wildman–Crippen MR) is 132 cm³/mol. The second-order valence-electron chi connectivity index (χ2n) is 9.56. The highest BCUT2D eigenvalue weighted by Crippen LogP contribution is 2.32. The number of hydrogen-bond donors (Lipinski definition) is 2. The lowest BCUT2D eigenvalue weighted by Crippen LogP contribution is -2.50. The molecule has 7 nitrogen and oxygen atoms in total. The van der Waals surface area contributed by atoms with Crippen LogP contribution in [0.4, 0.5) is 5.69 Å². The molecular weight excluding hydrogens is 440 g/mol. The fourth-order valence-corrected chi connectivity index (χ4v) is 5.51. The normalized spacial score (nSPS) is 23.8. The maximum absolute atomic E-state index is 13.1. The van der Waals surface area contributed by atoms with Crippen molar-refractivity contribution in [3.63, 3.8) is 0 Å². The Morgan fingerprint density at radius 2 is 1.91 bits per heavy atom. The maximum atomic E-state index is 13.1. The van der Waals surface area contributed by atoms with E-state index in [9.17, 15) is 14.4 Å². The molecule has 3 rings (SSSR count). The highest BCUT2D eigenvalue weighted by atomic mass is 35.5. The van der Waals surface area contributed by atoms with Crippen molar-refractivity contribution in [3.8, 4) is 0 Å². The van der Waals surface area contributed by atoms with Crippen LogP contribution in [0.2, 0.25) is 5.02 Å². The molecule has 2 N–H and O–H groups in total. The Bertz CT molecular complexity index is 898. The van der Waals surface area contributed by atoms with Gasteiger partial charge in [-0.25, -0.2) is 0 Å². The predicted octanol–water partition coefficient (Wildman–Crippen LogP) is 3.38. The summed E-state index contributed by atoms with van der Waals surface area (Å²) in [5, 5.41) is 6.46. The van der Waals surface area contributed by atoms with Gasteiger partial charge in [0, 0.05) is 61.5 Å². The summed E-state index contributed by atoms with van der Waals surface area (Å²) in [5.41, 5.74) is 2.37. The number of nitrogens with one attached hydrogen (secondary N) is 2. The lowest BCUT2D eigenvalue weighted by molar-refractivity contribution is -0.130. The van der Waals surface area contributed by atoms with E-state index >= 15 is 0 Å². The largest absolute Gasteiger partial charge is 0.368 e. The third kappa shape index (κ3) is 5.81. The number of carbonyl (C=O) groups is 3. The summed E-state index contributed by atoms with van der Waals surface area (Å²) >= 11 is 6.46. The molecule has 2 heterocycles. The van der Waals surface area contributed by atoms with Gasteiger partial charge in [-0.05, 0) is 63.6 Å². The molecule has 2 fully saturated rings. The average Bonchev–Trinajstić information content (AvgIpc) is 2.75. The Balaban J connectivity index is 1.75. The van der Waals surface area contributed by atoms with Crippen molar-refractivity contribution in [2.24, 2.45) is 11.8 Å². The van der Waals surface area contributed by atoms with Crippen LogP contribution in [0.15, 0.2) is 12.1 Å². The van der Waals surface area contributed by atoms with Crippen LogP contribution in [-0.2, 0) is 9.59 Å². The zero-order valence-electron chi connectivity index (χ0n) is 20.4. The third-order valence-corrected chi connectivity index (χ3v) is 7.43. The van der Waals surface area contributed by atoms with E-state index in [-0.39, 0.29) is 41.6 Å². The lowest BCUT2D eigenvalue weighted by atomic mass is 9.84. The van der Waals surface area contributed by atoms with Gasteiger partial charge in [0.15, 0.2) is 0 Å². The van der Waals surface area contributed by atoms with Crippen LogP contribution >= 0.6 is 11.6 Å². The van der Waals surface area contributed by atoms with Crippen molar-refractivity contribution in [2.45, 2.75) is 66.0 Å². The van der Waals surface area contributed by atoms with Crippen LogP contribution in [0.3, 0.4) is 0 Å². The molecule has 8 heteroatoms. The molecule has 3 unspecified atom stereocenters. The van der Waals surface area contributed by atoms with E-state index in [4.69, 9.17) is 11.6 Å². The van der Waals surface area contributed by atoms with Crippen molar-refractivity contribution in [2.75, 3.05) is 31.1 Å². The van der Waals surface area contributed by atoms with E-state index in [2.05, 4.69) is 29.4 Å². The van der Waals surface area contributed by atoms with Crippen molar-refractivity contribution in [1.29, 1.82) is 0 Å². The van der Waals surface area contributed by atoms with Gasteiger partial charge in [0.05, 0.1) is 5.92 Å². The summed E-state index contributed by atoms with van der Waals surface area (Å²) in [4.78, 5) is 41.4. The summed E-state index contributed by atoms with van der Waals surface area (Å²) in [5.74, 6) is -0.120. The molecule has 2 aliphatic rings. The Hall–Kier alpha value is -2.28. The molecule has 1 aromatic rings. The highest BCUT2D eigenvalue weighted by molar-refractivity contribution is 6.31. The number of anilines is 1. The zero-order chi connectivity index (χ0) is 24.3. The topological polar surface area (TPSA) is 81.8 Å². The molecule has 0 radical (unpaired) electrons. The second-order valence-corrected chi connectivity index (χ2v) is 10.00. The maximum Gasteiger partial charge on any atom is 0.251 e. The van der Waals surface area contributed by atoms with E-state index in [1.807, 2.05) is 24.8 Å². The molecule has 0 spiro atoms. The molecule has 33 heavy (non-hydrogen) atoms. The van der Waals surface area contributed by atoms with Gasteiger partial charge in [0.25, 0.3) is 5.91 Å². The standard InChI is InChI=1S/C25H37ClN4O3/c1-6-30(20-7-9-29(10-8-20)18(5)31)23-13-19(26)12-21(17(23)4)24(32)27-14-22-15(2)11-16(3)28-25(22)33/h12-13,15-16,20,22H,6-11,14H2,1-5H3,(H,27,32)(H,28,33). The molecule has 2 aliphatic heterocycles. The first-order chi connectivity index (χ1) is 15.6. The van der Waals surface area contributed by atoms with Gasteiger partial charge in [-0.2, -0.15) is 0 Å². The molecule has 1 aromatic carbocycles. The van der Waals surface area contributed by atoms with Gasteiger partial charge < -0.3 is 20.4 Å². The number of rotatable bonds is 6. The summed E-state index contributed by atoms with van der Waals surface area (Å²) < 4.78 is 0. The minimum Gasteiger partial charge on any atom is -0.368 e. The van der Waals surface area contributed by atoms with E-state index < -0.39 is 0 Å². The first-order valence-corrected chi connectivity index (χ1v) is 12.4. The Morgan fingerprint density at radius 1 is 1.24 bits per heavy atom. The van der Waals surface area contributed by atoms with Crippen molar-refractivity contribution < 1.29 is 14.4 Å². The van der Waals surface area contributed by atoms with Crippen molar-refractivity contribution >= 4 is 35.0 Å². The highest BCUT2D eigenvalue weighted by Gasteiger charge is 2.33. The monoisotopic (exact) mass is 476 g/mol. The number of carbonyl (C=O) groups excluding carboxylic acids is 3. The first kappa shape index (κ1) is 25.3. The molecule has 3 atom stereocenters. The van der Waals surface area contributed by atoms with E-state index in [1.165, 1.54) is 0 Å². The van der Waals surface area contributed by atoms with Crippen LogP contribution in [0.5, 0.6) is 0 Å². The number of hydrogen-bond acceptors (Lipinski definition) is 4. The molecule has 0 saturated carbocycles. The zero-order valence-corrected chi connectivity index (χ0v) is 21.2. The minimum atomic E-state index is -0.234. The Kier molecular flexibility index (Phi) is 8.27. The van der Waals surface area contributed by atoms with E-state index in [0.29, 0.717) is 17.1 Å². The summed E-state index contributed by atoms with van der Waals surface area (Å²) in [6.45, 7) is 12.3. The van der Waals surface area contributed by atoms with Crippen LogP contribution in [0, 0.1) is 18.8 Å². The first-order valence-electron chi connectivity index (χ1n) is 12.0. The van der Waals surface area contributed by atoms with Gasteiger partial charge in [-0.1, -0.05) is 18.5 Å². The van der Waals surface area contributed by atoms with Gasteiger partial charge in [0.2, 0.25) is 11.8 Å². The van der Waals surface area contributed by atoms with Crippen molar-refractivity contribution in [1.82, 2.24) is 15.5 Å². The van der Waals surface area contributed by atoms with E-state index in [0.717, 1.165) is 50.1 Å². The van der Waals surface area contributed by atoms with Gasteiger partial charge in [0.1, 0.15) is 0 Å². The smallest absolute Gasteiger partial charge is 0.251 e. The third-order valence-electron chi connectivity index (χ3n) is 7.21. The molecule has 3 amide bonds. The van der Waals surface area contributed by atoms with Crippen molar-refractivity contribution in [3.05, 3.63) is 28.3 Å². The Labute approximate surface area is 202 Å². The lowest BCUT2D eigenvalue weighted by Gasteiger charge is -2.40. The minimum absolute atomic E-state index is 0.000818. The number of nitrogens with zero attached hydrogens (tertiary/aromatic N) is 2. The Morgan fingerprint density at radius 3 is 2.48 bits per heavy atom. The molecule has 2 saturated heterocycles. The second kappa shape index (κ2) is 10.8. The summed E-state index contributed by atoms with van der Waals surface area (Å²) in [6, 6.07) is 4.08. The molecule has 182 valence electrons. The fraction of sp³-hybridized carbons (Fsp3) is 0.640. The van der Waals surface area contributed by atoms with Crippen LogP contribution < -0.4 is 15.5 Å². The average molecular weight is 477 g/mol. The summed E-state index contributed by atoms with van der Waals surface area (Å²) in [7, 11) is 0. The van der Waals surface area contributed by atoms with Gasteiger partial charge in [-0.15, -0.1) is 0 Å². The molecule has 0 aliphatic carbocycles. The van der Waals surface area contributed by atoms with Crippen LogP contribution in [0.1, 0.15) is 62.9 Å². The number of halogens is 1. The summed E-state index contributed by atoms with van der Waals surface area (Å²) in [6.07, 6.45) is 2.67. The quantitative estimate of drug-likeness (QED) is 0.659. The molecule has 0 bridgehead atoms. The van der Waals surface area contributed by atoms with Gasteiger partial charge >= 0.3 is 0 Å². The SMILES string of the molecule is CCN(c1cc(Cl)cc(C(=O)NCC2C(=O)NC(C)CC2C)c1C)C1CCN(C(C)=O)CC1. The van der Waals surface area contributed by atoms with Gasteiger partial charge in [-0.3, -0.25) is 14.4 Å². The van der Waals surface area contributed by atoms with Crippen LogP contribution in [-0.4, -0.2) is 60.9 Å². The molecule has 0 aromatic heterocycles. The molecular formula is C25H37ClN4O3. The number of benzene rings is 1. The van der Waals surface area contributed by atoms with E-state index in [1.54, 1.807) is 13.0 Å². The fourth-order valence-electron chi connectivity index (χ4n) is 5.30. The van der Waals surface area contributed by atoms with Crippen LogP contribution in [0.25, 0.3) is 0 Å². The number of likely N-dealkylation sites (tertiary alicyclic amines) is 1.